The number of hydrogen-bond donors (Lipinski definition) is 1. The van der Waals surface area contributed by atoms with Gasteiger partial charge in [0.15, 0.2) is 0 Å². The zero-order chi connectivity index (χ0) is 20.7. The fraction of sp³-hybridized carbons (Fsp3) is 0.364. The largest absolute Gasteiger partial charge is 0.330 e. The third-order valence-electron chi connectivity index (χ3n) is 6.48. The molecule has 0 radical (unpaired) electrons. The molecule has 0 bridgehead atoms. The highest BCUT2D eigenvalue weighted by Crippen LogP contribution is 2.51. The molecule has 154 valence electrons. The molecule has 1 aliphatic heterocycles. The van der Waals surface area contributed by atoms with Crippen molar-refractivity contribution in [1.29, 1.82) is 0 Å². The van der Waals surface area contributed by atoms with E-state index in [1.807, 2.05) is 6.33 Å². The highest BCUT2D eigenvalue weighted by atomic mass is 32.1. The van der Waals surface area contributed by atoms with Crippen LogP contribution in [0.1, 0.15) is 38.3 Å². The topological polar surface area (TPSA) is 72.7 Å². The maximum absolute atomic E-state index is 13.3. The molecule has 6 nitrogen and oxygen atoms in total. The number of rotatable bonds is 4. The molecule has 2 atom stereocenters. The lowest BCUT2D eigenvalue weighted by molar-refractivity contribution is -0.118. The van der Waals surface area contributed by atoms with Crippen LogP contribution in [0.2, 0.25) is 0 Å². The average molecular weight is 424 g/mol. The second-order valence-corrected chi connectivity index (χ2v) is 9.12. The van der Waals surface area contributed by atoms with Crippen molar-refractivity contribution in [3.05, 3.63) is 53.2 Å². The van der Waals surface area contributed by atoms with Gasteiger partial charge in [-0.2, -0.15) is 0 Å². The number of anilines is 1. The van der Waals surface area contributed by atoms with Gasteiger partial charge in [-0.25, -0.2) is 9.37 Å². The molecule has 1 N–H and O–H groups in total. The van der Waals surface area contributed by atoms with Crippen molar-refractivity contribution >= 4 is 28.5 Å². The monoisotopic (exact) mass is 423 g/mol. The Morgan fingerprint density at radius 2 is 2.20 bits per heavy atom. The van der Waals surface area contributed by atoms with E-state index in [9.17, 15) is 9.18 Å². The molecule has 1 saturated carbocycles. The maximum Gasteiger partial charge on any atom is 0.226 e. The van der Waals surface area contributed by atoms with Gasteiger partial charge in [0.1, 0.15) is 11.3 Å². The summed E-state index contributed by atoms with van der Waals surface area (Å²) in [5.74, 6) is -0.0161. The van der Waals surface area contributed by atoms with E-state index in [4.69, 9.17) is 0 Å². The van der Waals surface area contributed by atoms with Crippen molar-refractivity contribution in [2.24, 2.45) is 11.3 Å². The number of aromatic nitrogens is 4. The van der Waals surface area contributed by atoms with Crippen molar-refractivity contribution in [3.8, 4) is 11.3 Å². The lowest BCUT2D eigenvalue weighted by atomic mass is 9.62. The van der Waals surface area contributed by atoms with E-state index < -0.39 is 0 Å². The summed E-state index contributed by atoms with van der Waals surface area (Å²) in [5.41, 5.74) is 5.74. The number of amides is 1. The number of benzene rings is 1. The Morgan fingerprint density at radius 1 is 1.37 bits per heavy atom. The molecule has 8 heteroatoms. The lowest BCUT2D eigenvalue weighted by Gasteiger charge is -2.46. The van der Waals surface area contributed by atoms with Gasteiger partial charge in [-0.15, -0.1) is 10.2 Å². The number of fused-ring (bicyclic) bond motifs is 2. The highest BCUT2D eigenvalue weighted by molar-refractivity contribution is 7.13. The summed E-state index contributed by atoms with van der Waals surface area (Å²) < 4.78 is 15.5. The number of halogens is 1. The molecule has 0 unspecified atom stereocenters. The molecule has 3 aromatic rings. The molecule has 1 aromatic carbocycles. The first-order chi connectivity index (χ1) is 14.5. The highest BCUT2D eigenvalue weighted by Gasteiger charge is 2.43. The van der Waals surface area contributed by atoms with Crippen molar-refractivity contribution in [2.75, 3.05) is 5.32 Å². The molecule has 5 rings (SSSR count). The second-order valence-electron chi connectivity index (χ2n) is 8.29. The summed E-state index contributed by atoms with van der Waals surface area (Å²) in [6.07, 6.45) is 7.68. The number of allylic oxidation sites excluding steroid dienone is 1. The van der Waals surface area contributed by atoms with Crippen LogP contribution in [0.25, 0.3) is 17.3 Å². The van der Waals surface area contributed by atoms with Crippen LogP contribution in [0.3, 0.4) is 0 Å². The molecule has 3 heterocycles. The number of carbonyl (C=O) groups excluding carboxylic acids is 1. The van der Waals surface area contributed by atoms with E-state index in [1.54, 1.807) is 17.6 Å². The van der Waals surface area contributed by atoms with E-state index in [-0.39, 0.29) is 23.1 Å². The SMILES string of the molecule is C[C@]12Cn3cnc(-c4ccc(F)cc4)c3C=C1CCC[C@@H]2CC(=O)Nc1nncs1. The second kappa shape index (κ2) is 7.43. The number of carbonyl (C=O) groups is 1. The number of imidazole rings is 1. The smallest absolute Gasteiger partial charge is 0.226 e. The zero-order valence-electron chi connectivity index (χ0n) is 16.6. The Kier molecular flexibility index (Phi) is 4.73. The van der Waals surface area contributed by atoms with Crippen LogP contribution in [-0.4, -0.2) is 25.7 Å². The van der Waals surface area contributed by atoms with Gasteiger partial charge >= 0.3 is 0 Å². The summed E-state index contributed by atoms with van der Waals surface area (Å²) in [6.45, 7) is 3.06. The minimum Gasteiger partial charge on any atom is -0.330 e. The number of nitrogens with one attached hydrogen (secondary N) is 1. The molecule has 0 spiro atoms. The molecular formula is C22H22FN5OS. The van der Waals surface area contributed by atoms with E-state index in [2.05, 4.69) is 38.1 Å². The minimum absolute atomic E-state index is 0.0114. The van der Waals surface area contributed by atoms with Gasteiger partial charge in [-0.3, -0.25) is 4.79 Å². The predicted octanol–water partition coefficient (Wildman–Crippen LogP) is 4.77. The normalized spacial score (nSPS) is 22.7. The summed E-state index contributed by atoms with van der Waals surface area (Å²) in [7, 11) is 0. The third-order valence-corrected chi connectivity index (χ3v) is 7.08. The molecule has 2 aliphatic rings. The summed E-state index contributed by atoms with van der Waals surface area (Å²) >= 11 is 1.33. The molecule has 0 saturated heterocycles. The van der Waals surface area contributed by atoms with Crippen LogP contribution < -0.4 is 5.32 Å². The van der Waals surface area contributed by atoms with Gasteiger partial charge in [0.2, 0.25) is 11.0 Å². The molecule has 1 aliphatic carbocycles. The first-order valence-electron chi connectivity index (χ1n) is 10.1. The third kappa shape index (κ3) is 3.35. The summed E-state index contributed by atoms with van der Waals surface area (Å²) in [4.78, 5) is 17.2. The summed E-state index contributed by atoms with van der Waals surface area (Å²) in [5, 5.41) is 11.1. The molecule has 30 heavy (non-hydrogen) atoms. The standard InChI is InChI=1S/C22H22FN5OS/c1-22-11-28-12-24-20(14-5-7-17(23)8-6-14)18(28)9-15(22)3-2-4-16(22)10-19(29)26-21-27-25-13-30-21/h5-9,12-13,16H,2-4,10-11H2,1H3,(H,26,27,29)/t16-,22+/m1/s1. The molecule has 1 fully saturated rings. The van der Waals surface area contributed by atoms with Crippen LogP contribution in [-0.2, 0) is 11.3 Å². The van der Waals surface area contributed by atoms with Crippen LogP contribution >= 0.6 is 11.3 Å². The Hall–Kier alpha value is -2.87. The Balaban J connectivity index is 1.41. The first kappa shape index (κ1) is 19.1. The quantitative estimate of drug-likeness (QED) is 0.656. The van der Waals surface area contributed by atoms with Gasteiger partial charge in [0.25, 0.3) is 0 Å². The van der Waals surface area contributed by atoms with Crippen molar-refractivity contribution in [2.45, 2.75) is 39.2 Å². The van der Waals surface area contributed by atoms with E-state index >= 15 is 0 Å². The van der Waals surface area contributed by atoms with Crippen LogP contribution in [0.15, 0.2) is 41.7 Å². The van der Waals surface area contributed by atoms with Gasteiger partial charge in [-0.05, 0) is 55.5 Å². The van der Waals surface area contributed by atoms with Gasteiger partial charge < -0.3 is 9.88 Å². The maximum atomic E-state index is 13.3. The van der Waals surface area contributed by atoms with E-state index in [1.165, 1.54) is 29.0 Å². The van der Waals surface area contributed by atoms with Gasteiger partial charge in [0.05, 0.1) is 17.7 Å². The van der Waals surface area contributed by atoms with Gasteiger partial charge in [0, 0.05) is 23.9 Å². The van der Waals surface area contributed by atoms with E-state index in [0.29, 0.717) is 11.6 Å². The fourth-order valence-electron chi connectivity index (χ4n) is 4.84. The lowest BCUT2D eigenvalue weighted by Crippen LogP contribution is -2.40. The minimum atomic E-state index is -0.250. The number of nitrogens with zero attached hydrogens (tertiary/aromatic N) is 4. The van der Waals surface area contributed by atoms with Crippen molar-refractivity contribution in [1.82, 2.24) is 19.7 Å². The Morgan fingerprint density at radius 3 is 2.97 bits per heavy atom. The van der Waals surface area contributed by atoms with Crippen molar-refractivity contribution < 1.29 is 9.18 Å². The Labute approximate surface area is 177 Å². The Bertz CT molecular complexity index is 1110. The zero-order valence-corrected chi connectivity index (χ0v) is 17.5. The molecule has 1 amide bonds. The first-order valence-corrected chi connectivity index (χ1v) is 11.0. The molecular weight excluding hydrogens is 401 g/mol. The van der Waals surface area contributed by atoms with Crippen LogP contribution in [0.5, 0.6) is 0 Å². The average Bonchev–Trinajstić information content (AvgIpc) is 3.37. The van der Waals surface area contributed by atoms with Crippen LogP contribution in [0, 0.1) is 17.2 Å². The van der Waals surface area contributed by atoms with Gasteiger partial charge in [-0.1, -0.05) is 23.8 Å². The number of hydrogen-bond acceptors (Lipinski definition) is 5. The molecule has 2 aromatic heterocycles. The summed E-state index contributed by atoms with van der Waals surface area (Å²) in [6, 6.07) is 6.47. The fourth-order valence-corrected chi connectivity index (χ4v) is 5.30. The predicted molar refractivity (Wildman–Crippen MR) is 114 cm³/mol. The van der Waals surface area contributed by atoms with Crippen LogP contribution in [0.4, 0.5) is 9.52 Å². The van der Waals surface area contributed by atoms with Crippen molar-refractivity contribution in [3.63, 3.8) is 0 Å². The van der Waals surface area contributed by atoms with E-state index in [0.717, 1.165) is 42.8 Å².